The molecule has 3 saturated heterocycles. The quantitative estimate of drug-likeness (QED) is 0.171. The van der Waals surface area contributed by atoms with Gasteiger partial charge in [0.15, 0.2) is 11.8 Å². The van der Waals surface area contributed by atoms with E-state index in [1.807, 2.05) is 24.3 Å². The lowest BCUT2D eigenvalue weighted by Crippen LogP contribution is -2.69. The van der Waals surface area contributed by atoms with Crippen molar-refractivity contribution in [3.8, 4) is 0 Å². The number of likely N-dealkylation sites (N-methyl/N-ethyl adjacent to an activating group) is 1. The summed E-state index contributed by atoms with van der Waals surface area (Å²) in [4.78, 5) is 48.1. The fourth-order valence-electron chi connectivity index (χ4n) is 7.32. The highest BCUT2D eigenvalue weighted by molar-refractivity contribution is 5.93. The van der Waals surface area contributed by atoms with E-state index in [1.54, 1.807) is 25.2 Å². The average molecular weight is 628 g/mol. The van der Waals surface area contributed by atoms with Crippen LogP contribution in [0.25, 0.3) is 6.08 Å². The molecule has 2 amide bonds. The molecule has 1 aromatic rings. The Kier molecular flexibility index (Phi) is 10.7. The highest BCUT2D eigenvalue weighted by atomic mass is 16.8. The molecule has 6 atom stereocenters. The lowest BCUT2D eigenvalue weighted by atomic mass is 9.62. The van der Waals surface area contributed by atoms with Gasteiger partial charge in [0, 0.05) is 46.0 Å². The Morgan fingerprint density at radius 2 is 1.80 bits per heavy atom. The van der Waals surface area contributed by atoms with Crippen molar-refractivity contribution in [2.24, 2.45) is 5.41 Å². The van der Waals surface area contributed by atoms with Gasteiger partial charge in [-0.15, -0.1) is 0 Å². The predicted octanol–water partition coefficient (Wildman–Crippen LogP) is 3.34. The van der Waals surface area contributed by atoms with E-state index in [4.69, 9.17) is 19.0 Å². The lowest BCUT2D eigenvalue weighted by Gasteiger charge is -2.48. The van der Waals surface area contributed by atoms with Crippen LogP contribution >= 0.6 is 0 Å². The van der Waals surface area contributed by atoms with Crippen molar-refractivity contribution < 1.29 is 38.5 Å². The maximum Gasteiger partial charge on any atom is 0.327 e. The van der Waals surface area contributed by atoms with E-state index in [0.29, 0.717) is 0 Å². The summed E-state index contributed by atoms with van der Waals surface area (Å²) in [5, 5.41) is 13.9. The van der Waals surface area contributed by atoms with Crippen molar-refractivity contribution in [2.45, 2.75) is 114 Å². The minimum absolute atomic E-state index is 0.0587. The summed E-state index contributed by atoms with van der Waals surface area (Å²) < 4.78 is 19.7. The van der Waals surface area contributed by atoms with Gasteiger partial charge in [0.2, 0.25) is 11.8 Å². The summed E-state index contributed by atoms with van der Waals surface area (Å²) in [6.07, 6.45) is 8.45. The molecule has 0 unspecified atom stereocenters. The summed E-state index contributed by atoms with van der Waals surface area (Å²) in [7, 11) is 3.38. The third-order valence-corrected chi connectivity index (χ3v) is 9.54. The van der Waals surface area contributed by atoms with Gasteiger partial charge < -0.3 is 29.5 Å². The number of unbranched alkanes of at least 4 members (excludes halogenated alkanes) is 4. The summed E-state index contributed by atoms with van der Waals surface area (Å²) in [6, 6.07) is 6.59. The van der Waals surface area contributed by atoms with Crippen molar-refractivity contribution in [1.82, 2.24) is 15.3 Å². The largest absolute Gasteiger partial charge is 0.458 e. The highest BCUT2D eigenvalue weighted by Crippen LogP contribution is 2.58. The van der Waals surface area contributed by atoms with Crippen LogP contribution in [-0.2, 0) is 40.0 Å². The summed E-state index contributed by atoms with van der Waals surface area (Å²) in [5.74, 6) is -1.84. The Morgan fingerprint density at radius 3 is 2.47 bits per heavy atom. The SMILES string of the molecule is CCCCCC1(CCCCC)O[C@@H]2[C@H](O1)[C@H]1ON(Cc3cccc(C=CC(=O)N(C)C)c3)[C@H]3C(=O)O[C@@H]2C[C@@]13C(=O)NCCO. The first-order chi connectivity index (χ1) is 21.7. The fraction of sp³-hybridized carbons (Fsp3) is 0.676. The van der Waals surface area contributed by atoms with Gasteiger partial charge in [-0.05, 0) is 30.0 Å². The molecule has 248 valence electrons. The zero-order valence-corrected chi connectivity index (χ0v) is 27.0. The van der Waals surface area contributed by atoms with Crippen LogP contribution in [0.3, 0.4) is 0 Å². The minimum Gasteiger partial charge on any atom is -0.458 e. The van der Waals surface area contributed by atoms with Crippen molar-refractivity contribution >= 4 is 23.9 Å². The third kappa shape index (κ3) is 6.69. The summed E-state index contributed by atoms with van der Waals surface area (Å²) >= 11 is 0. The van der Waals surface area contributed by atoms with Crippen LogP contribution in [0.4, 0.5) is 0 Å². The molecule has 3 aliphatic heterocycles. The Bertz CT molecular complexity index is 1240. The van der Waals surface area contributed by atoms with Crippen LogP contribution in [0.2, 0.25) is 0 Å². The van der Waals surface area contributed by atoms with E-state index in [0.717, 1.165) is 62.5 Å². The number of fused-ring (bicyclic) bond motifs is 4. The van der Waals surface area contributed by atoms with Crippen LogP contribution in [-0.4, -0.2) is 96.3 Å². The maximum atomic E-state index is 14.0. The molecule has 1 aliphatic carbocycles. The normalized spacial score (nSPS) is 29.9. The number of carbonyl (C=O) groups excluding carboxylic acids is 3. The Balaban J connectivity index is 1.47. The molecule has 2 bridgehead atoms. The number of hydrogen-bond donors (Lipinski definition) is 2. The number of nitrogens with one attached hydrogen (secondary N) is 1. The maximum absolute atomic E-state index is 14.0. The number of amides is 2. The van der Waals surface area contributed by atoms with Gasteiger partial charge in [0.1, 0.15) is 29.8 Å². The van der Waals surface area contributed by atoms with Gasteiger partial charge in [-0.1, -0.05) is 63.8 Å². The first-order valence-electron chi connectivity index (χ1n) is 16.5. The number of hydroxylamine groups is 2. The number of rotatable bonds is 15. The lowest BCUT2D eigenvalue weighted by molar-refractivity contribution is -0.224. The van der Waals surface area contributed by atoms with E-state index in [9.17, 15) is 19.5 Å². The molecule has 3 heterocycles. The number of hydrogen-bond acceptors (Lipinski definition) is 9. The number of aliphatic hydroxyl groups is 1. The number of nitrogens with zero attached hydrogens (tertiary/aromatic N) is 2. The average Bonchev–Trinajstić information content (AvgIpc) is 3.57. The molecule has 5 rings (SSSR count). The van der Waals surface area contributed by atoms with E-state index in [1.165, 1.54) is 11.0 Å². The van der Waals surface area contributed by atoms with Crippen molar-refractivity contribution in [1.29, 1.82) is 0 Å². The molecule has 2 N–H and O–H groups in total. The standard InChI is InChI=1S/C34H49N3O8/c1-5-7-9-16-33(17-10-8-6-2)43-27-25-21-34(32(41)35-18-19-38)29(31(40)42-25)37(45-30(34)28(27)44-33)22-24-13-11-12-23(20-24)14-15-26(39)36(3)4/h11-15,20,25,27-30,38H,5-10,16-19,21-22H2,1-4H3,(H,35,41)/t25-,27+,28+,29+,30-,34+/m1/s1. The third-order valence-electron chi connectivity index (χ3n) is 9.54. The van der Waals surface area contributed by atoms with Crippen molar-refractivity contribution in [3.05, 3.63) is 41.5 Å². The van der Waals surface area contributed by atoms with Gasteiger partial charge >= 0.3 is 5.97 Å². The number of benzene rings is 1. The van der Waals surface area contributed by atoms with E-state index in [-0.39, 0.29) is 37.9 Å². The molecule has 1 aromatic carbocycles. The van der Waals surface area contributed by atoms with Gasteiger partial charge in [-0.3, -0.25) is 19.2 Å². The molecule has 4 aliphatic rings. The Labute approximate surface area is 266 Å². The molecule has 11 heteroatoms. The second-order valence-electron chi connectivity index (χ2n) is 13.0. The molecular formula is C34H49N3O8. The van der Waals surface area contributed by atoms with Crippen LogP contribution in [0.15, 0.2) is 30.3 Å². The van der Waals surface area contributed by atoms with Crippen molar-refractivity contribution in [3.63, 3.8) is 0 Å². The van der Waals surface area contributed by atoms with Crippen LogP contribution in [0, 0.1) is 5.41 Å². The number of carbonyl (C=O) groups is 3. The zero-order chi connectivity index (χ0) is 32.2. The monoisotopic (exact) mass is 627 g/mol. The Morgan fingerprint density at radius 1 is 1.09 bits per heavy atom. The molecule has 11 nitrogen and oxygen atoms in total. The molecule has 1 saturated carbocycles. The number of esters is 1. The summed E-state index contributed by atoms with van der Waals surface area (Å²) in [5.41, 5.74) is 0.373. The molecular weight excluding hydrogens is 578 g/mol. The highest BCUT2D eigenvalue weighted by Gasteiger charge is 2.76. The van der Waals surface area contributed by atoms with Crippen LogP contribution < -0.4 is 5.32 Å². The van der Waals surface area contributed by atoms with Gasteiger partial charge in [0.25, 0.3) is 0 Å². The van der Waals surface area contributed by atoms with Crippen LogP contribution in [0.5, 0.6) is 0 Å². The fourth-order valence-corrected chi connectivity index (χ4v) is 7.32. The van der Waals surface area contributed by atoms with E-state index < -0.39 is 47.6 Å². The summed E-state index contributed by atoms with van der Waals surface area (Å²) in [6.45, 7) is 4.36. The second kappa shape index (κ2) is 14.3. The molecule has 4 fully saturated rings. The van der Waals surface area contributed by atoms with Gasteiger partial charge in [0.05, 0.1) is 13.2 Å². The predicted molar refractivity (Wildman–Crippen MR) is 166 cm³/mol. The van der Waals surface area contributed by atoms with Crippen LogP contribution in [0.1, 0.15) is 82.8 Å². The number of aliphatic hydroxyl groups excluding tert-OH is 1. The first-order valence-corrected chi connectivity index (χ1v) is 16.5. The topological polar surface area (TPSA) is 127 Å². The second-order valence-corrected chi connectivity index (χ2v) is 13.0. The van der Waals surface area contributed by atoms with Gasteiger partial charge in [-0.25, -0.2) is 0 Å². The minimum atomic E-state index is -1.28. The smallest absolute Gasteiger partial charge is 0.327 e. The molecule has 0 aromatic heterocycles. The number of ether oxygens (including phenoxy) is 3. The van der Waals surface area contributed by atoms with E-state index >= 15 is 0 Å². The van der Waals surface area contributed by atoms with E-state index in [2.05, 4.69) is 19.2 Å². The molecule has 0 spiro atoms. The first kappa shape index (κ1) is 33.5. The van der Waals surface area contributed by atoms with Crippen molar-refractivity contribution in [2.75, 3.05) is 27.2 Å². The van der Waals surface area contributed by atoms with Gasteiger partial charge in [-0.2, -0.15) is 5.06 Å². The molecule has 45 heavy (non-hydrogen) atoms. The zero-order valence-electron chi connectivity index (χ0n) is 27.0. The molecule has 0 radical (unpaired) electrons. The Hall–Kier alpha value is -2.83.